The van der Waals surface area contributed by atoms with E-state index < -0.39 is 0 Å². The van der Waals surface area contributed by atoms with Gasteiger partial charge in [0.2, 0.25) is 0 Å². The van der Waals surface area contributed by atoms with Crippen LogP contribution in [0.15, 0.2) is 61.1 Å². The molecule has 0 saturated carbocycles. The normalized spacial score (nSPS) is 16.6. The van der Waals surface area contributed by atoms with E-state index in [1.54, 1.807) is 18.5 Å². The van der Waals surface area contributed by atoms with Gasteiger partial charge in [-0.3, -0.25) is 4.79 Å². The number of hydrogen-bond donors (Lipinski definition) is 2. The number of halogens is 1. The average Bonchev–Trinajstić information content (AvgIpc) is 3.49. The fourth-order valence-corrected chi connectivity index (χ4v) is 5.56. The highest BCUT2D eigenvalue weighted by atomic mass is 19.1. The van der Waals surface area contributed by atoms with E-state index in [9.17, 15) is 9.18 Å². The standard InChI is InChI=1S/C28H30FN7O/c1-18(2)36-17-31-24(19-4-6-20(29)7-5-19)25(36)26-30-12-23(33-26)27(37)32-21-8-10-22(11-9-21)35-15-28(16-35)13-34(3)14-28/h4-12,17-18H,13-16H2,1-3H3,(H,30,33)(H,32,37). The van der Waals surface area contributed by atoms with Crippen molar-refractivity contribution < 1.29 is 9.18 Å². The quantitative estimate of drug-likeness (QED) is 0.403. The molecule has 2 aromatic carbocycles. The molecule has 0 atom stereocenters. The van der Waals surface area contributed by atoms with Crippen LogP contribution in [0.2, 0.25) is 0 Å². The number of H-pyrrole nitrogens is 1. The molecular weight excluding hydrogens is 469 g/mol. The predicted octanol–water partition coefficient (Wildman–Crippen LogP) is 4.66. The van der Waals surface area contributed by atoms with Gasteiger partial charge in [-0.25, -0.2) is 14.4 Å². The first-order valence-corrected chi connectivity index (χ1v) is 12.5. The highest BCUT2D eigenvalue weighted by Gasteiger charge is 2.50. The zero-order valence-corrected chi connectivity index (χ0v) is 21.2. The largest absolute Gasteiger partial charge is 0.370 e. The predicted molar refractivity (Wildman–Crippen MR) is 142 cm³/mol. The van der Waals surface area contributed by atoms with Gasteiger partial charge in [-0.1, -0.05) is 0 Å². The second kappa shape index (κ2) is 8.85. The SMILES string of the molecule is CC(C)n1cnc(-c2ccc(F)cc2)c1-c1ncc(C(=O)Nc2ccc(N3CC4(CN(C)C4)C3)cc2)[nH]1. The summed E-state index contributed by atoms with van der Waals surface area (Å²) in [5.41, 5.74) is 4.92. The van der Waals surface area contributed by atoms with Crippen molar-refractivity contribution in [2.24, 2.45) is 5.41 Å². The van der Waals surface area contributed by atoms with Gasteiger partial charge in [0.05, 0.1) is 18.2 Å². The van der Waals surface area contributed by atoms with Gasteiger partial charge in [0.1, 0.15) is 17.2 Å². The summed E-state index contributed by atoms with van der Waals surface area (Å²) < 4.78 is 15.5. The highest BCUT2D eigenvalue weighted by Crippen LogP contribution is 2.41. The van der Waals surface area contributed by atoms with Crippen LogP contribution in [0.4, 0.5) is 15.8 Å². The summed E-state index contributed by atoms with van der Waals surface area (Å²) in [6.45, 7) is 8.62. The third kappa shape index (κ3) is 4.29. The molecule has 0 aliphatic carbocycles. The molecule has 2 aromatic heterocycles. The van der Waals surface area contributed by atoms with Gasteiger partial charge in [0.25, 0.3) is 5.91 Å². The maximum atomic E-state index is 13.5. The number of benzene rings is 2. The first kappa shape index (κ1) is 23.4. The van der Waals surface area contributed by atoms with Crippen LogP contribution in [0.1, 0.15) is 30.4 Å². The van der Waals surface area contributed by atoms with Crippen LogP contribution in [-0.4, -0.2) is 63.6 Å². The summed E-state index contributed by atoms with van der Waals surface area (Å²) in [4.78, 5) is 30.0. The smallest absolute Gasteiger partial charge is 0.273 e. The number of likely N-dealkylation sites (tertiary alicyclic amines) is 1. The lowest BCUT2D eigenvalue weighted by Gasteiger charge is -2.60. The number of hydrogen-bond acceptors (Lipinski definition) is 5. The number of imidazole rings is 2. The minimum absolute atomic E-state index is 0.115. The lowest BCUT2D eigenvalue weighted by atomic mass is 9.73. The maximum absolute atomic E-state index is 13.5. The molecule has 8 nitrogen and oxygen atoms in total. The molecule has 1 spiro atoms. The van der Waals surface area contributed by atoms with Crippen molar-refractivity contribution in [2.45, 2.75) is 19.9 Å². The van der Waals surface area contributed by atoms with Crippen molar-refractivity contribution in [3.8, 4) is 22.8 Å². The first-order valence-electron chi connectivity index (χ1n) is 12.5. The van der Waals surface area contributed by atoms with Crippen molar-refractivity contribution in [2.75, 3.05) is 43.4 Å². The van der Waals surface area contributed by atoms with Crippen molar-refractivity contribution >= 4 is 17.3 Å². The summed E-state index contributed by atoms with van der Waals surface area (Å²) in [5.74, 6) is -0.0520. The van der Waals surface area contributed by atoms with Crippen molar-refractivity contribution in [1.82, 2.24) is 24.4 Å². The molecule has 2 aliphatic heterocycles. The summed E-state index contributed by atoms with van der Waals surface area (Å²) in [5, 5.41) is 2.95. The fourth-order valence-electron chi connectivity index (χ4n) is 5.56. The van der Waals surface area contributed by atoms with Gasteiger partial charge >= 0.3 is 0 Å². The van der Waals surface area contributed by atoms with E-state index >= 15 is 0 Å². The maximum Gasteiger partial charge on any atom is 0.273 e. The Labute approximate surface area is 215 Å². The number of nitrogens with one attached hydrogen (secondary N) is 2. The van der Waals surface area contributed by atoms with E-state index in [1.807, 2.05) is 30.5 Å². The zero-order chi connectivity index (χ0) is 25.7. The monoisotopic (exact) mass is 499 g/mol. The number of aromatic amines is 1. The molecule has 0 unspecified atom stereocenters. The summed E-state index contributed by atoms with van der Waals surface area (Å²) in [6.07, 6.45) is 3.27. The first-order chi connectivity index (χ1) is 17.8. The van der Waals surface area contributed by atoms with Gasteiger partial charge in [-0.2, -0.15) is 0 Å². The Hall–Kier alpha value is -3.98. The average molecular weight is 500 g/mol. The fraction of sp³-hybridized carbons (Fsp3) is 0.321. The Balaban J connectivity index is 1.17. The molecule has 4 aromatic rings. The van der Waals surface area contributed by atoms with Crippen LogP contribution in [0, 0.1) is 11.2 Å². The Morgan fingerprint density at radius 2 is 1.73 bits per heavy atom. The summed E-state index contributed by atoms with van der Waals surface area (Å²) in [6, 6.07) is 14.3. The highest BCUT2D eigenvalue weighted by molar-refractivity contribution is 6.03. The molecule has 2 aliphatic rings. The van der Waals surface area contributed by atoms with Crippen LogP contribution in [0.25, 0.3) is 22.8 Å². The van der Waals surface area contributed by atoms with Gasteiger partial charge in [0.15, 0.2) is 5.82 Å². The molecule has 37 heavy (non-hydrogen) atoms. The van der Waals surface area contributed by atoms with Gasteiger partial charge in [0, 0.05) is 54.6 Å². The molecule has 0 radical (unpaired) electrons. The molecule has 0 bridgehead atoms. The van der Waals surface area contributed by atoms with E-state index in [0.29, 0.717) is 22.6 Å². The Bertz CT molecular complexity index is 1420. The number of amides is 1. The number of carbonyl (C=O) groups is 1. The third-order valence-corrected chi connectivity index (χ3v) is 7.27. The molecule has 6 rings (SSSR count). The molecule has 2 saturated heterocycles. The number of rotatable bonds is 6. The van der Waals surface area contributed by atoms with Gasteiger partial charge in [-0.15, -0.1) is 0 Å². The molecule has 1 amide bonds. The minimum Gasteiger partial charge on any atom is -0.370 e. The Kier molecular flexibility index (Phi) is 5.60. The summed E-state index contributed by atoms with van der Waals surface area (Å²) >= 11 is 0. The van der Waals surface area contributed by atoms with Crippen molar-refractivity contribution in [1.29, 1.82) is 0 Å². The number of aromatic nitrogens is 4. The van der Waals surface area contributed by atoms with E-state index in [2.05, 4.69) is 49.2 Å². The zero-order valence-electron chi connectivity index (χ0n) is 21.2. The molecule has 4 heterocycles. The Morgan fingerprint density at radius 3 is 2.38 bits per heavy atom. The topological polar surface area (TPSA) is 82.1 Å². The van der Waals surface area contributed by atoms with Crippen molar-refractivity contribution in [3.63, 3.8) is 0 Å². The third-order valence-electron chi connectivity index (χ3n) is 7.27. The molecule has 190 valence electrons. The summed E-state index contributed by atoms with van der Waals surface area (Å²) in [7, 11) is 2.16. The lowest BCUT2D eigenvalue weighted by molar-refractivity contribution is -0.00238. The van der Waals surface area contributed by atoms with Crippen molar-refractivity contribution in [3.05, 3.63) is 72.6 Å². The number of nitrogens with zero attached hydrogens (tertiary/aromatic N) is 5. The van der Waals surface area contributed by atoms with E-state index in [-0.39, 0.29) is 17.8 Å². The van der Waals surface area contributed by atoms with E-state index in [4.69, 9.17) is 0 Å². The molecule has 9 heteroatoms. The van der Waals surface area contributed by atoms with E-state index in [0.717, 1.165) is 30.0 Å². The molecule has 2 N–H and O–H groups in total. The number of carbonyl (C=O) groups excluding carboxylic acids is 1. The van der Waals surface area contributed by atoms with Crippen LogP contribution < -0.4 is 10.2 Å². The van der Waals surface area contributed by atoms with Gasteiger partial charge in [-0.05, 0) is 69.4 Å². The Morgan fingerprint density at radius 1 is 1.03 bits per heavy atom. The van der Waals surface area contributed by atoms with Crippen LogP contribution in [0.3, 0.4) is 0 Å². The van der Waals surface area contributed by atoms with Crippen LogP contribution in [-0.2, 0) is 0 Å². The molecular formula is C28H30FN7O. The second-order valence-electron chi connectivity index (χ2n) is 10.6. The number of anilines is 2. The minimum atomic E-state index is -0.307. The van der Waals surface area contributed by atoms with Crippen LogP contribution >= 0.6 is 0 Å². The van der Waals surface area contributed by atoms with E-state index in [1.165, 1.54) is 37.1 Å². The molecule has 2 fully saturated rings. The van der Waals surface area contributed by atoms with Gasteiger partial charge < -0.3 is 24.7 Å². The van der Waals surface area contributed by atoms with Crippen LogP contribution in [0.5, 0.6) is 0 Å². The second-order valence-corrected chi connectivity index (χ2v) is 10.6. The lowest BCUT2D eigenvalue weighted by Crippen LogP contribution is -2.71.